The quantitative estimate of drug-likeness (QED) is 0.556. The Labute approximate surface area is 206 Å². The van der Waals surface area contributed by atoms with Crippen molar-refractivity contribution in [2.24, 2.45) is 0 Å². The molecule has 4 rings (SSSR count). The highest BCUT2D eigenvalue weighted by molar-refractivity contribution is 5.94. The third-order valence-corrected chi connectivity index (χ3v) is 6.49. The van der Waals surface area contributed by atoms with Crippen molar-refractivity contribution in [3.63, 3.8) is 0 Å². The number of benzene rings is 1. The van der Waals surface area contributed by atoms with Gasteiger partial charge in [-0.2, -0.15) is 15.0 Å². The zero-order chi connectivity index (χ0) is 26.0. The summed E-state index contributed by atoms with van der Waals surface area (Å²) in [6.45, 7) is 2.06. The van der Waals surface area contributed by atoms with Gasteiger partial charge < -0.3 is 10.0 Å². The van der Waals surface area contributed by atoms with Gasteiger partial charge in [0, 0.05) is 25.3 Å². The first kappa shape index (κ1) is 25.2. The lowest BCUT2D eigenvalue weighted by molar-refractivity contribution is 0.0439. The molecule has 1 fully saturated rings. The molecule has 1 unspecified atom stereocenters. The van der Waals surface area contributed by atoms with Gasteiger partial charge in [-0.15, -0.1) is 0 Å². The Kier molecular flexibility index (Phi) is 7.26. The second-order valence-electron chi connectivity index (χ2n) is 8.79. The highest BCUT2D eigenvalue weighted by Gasteiger charge is 2.28. The van der Waals surface area contributed by atoms with Crippen LogP contribution in [0.15, 0.2) is 36.7 Å². The first-order valence-electron chi connectivity index (χ1n) is 11.4. The molecule has 1 aliphatic rings. The summed E-state index contributed by atoms with van der Waals surface area (Å²) in [6, 6.07) is 7.61. The molecule has 1 saturated heterocycles. The minimum absolute atomic E-state index is 0.0919. The number of amides is 1. The summed E-state index contributed by atoms with van der Waals surface area (Å²) in [4.78, 5) is 20.5. The van der Waals surface area contributed by atoms with Gasteiger partial charge >= 0.3 is 0 Å². The number of carbonyl (C=O) groups excluding carboxylic acids is 1. The number of hydrogen-bond acceptors (Lipinski definition) is 6. The molecule has 3 heterocycles. The summed E-state index contributed by atoms with van der Waals surface area (Å²) >= 11 is 0. The number of rotatable bonds is 6. The Bertz CT molecular complexity index is 1300. The van der Waals surface area contributed by atoms with E-state index in [-0.39, 0.29) is 46.9 Å². The van der Waals surface area contributed by atoms with Gasteiger partial charge in [0.15, 0.2) is 5.82 Å². The molecule has 0 spiro atoms. The van der Waals surface area contributed by atoms with Crippen LogP contribution in [-0.4, -0.2) is 74.7 Å². The molecule has 8 nitrogen and oxygen atoms in total. The summed E-state index contributed by atoms with van der Waals surface area (Å²) < 4.78 is 41.1. The first-order chi connectivity index (χ1) is 17.2. The normalized spacial score (nSPS) is 15.9. The summed E-state index contributed by atoms with van der Waals surface area (Å²) in [5, 5.41) is 23.9. The van der Waals surface area contributed by atoms with E-state index in [4.69, 9.17) is 5.26 Å². The van der Waals surface area contributed by atoms with Gasteiger partial charge in [-0.1, -0.05) is 6.07 Å². The number of piperidine rings is 1. The standard InChI is InChI=1S/C25H25F3N6O2/c1-15-19(7-5-16(10-29)23(15)28)20-12-31-34(25(20)36)22-8-6-17(11-30-22)24(35)33-9-3-4-18(13-33)32(2)14-21(26)27/h5-8,11-12,18,21,36H,3-4,9,13-14H2,1-2H3. The van der Waals surface area contributed by atoms with Crippen LogP contribution in [0.5, 0.6) is 5.88 Å². The summed E-state index contributed by atoms with van der Waals surface area (Å²) in [5.74, 6) is -0.938. The third-order valence-electron chi connectivity index (χ3n) is 6.49. The van der Waals surface area contributed by atoms with E-state index < -0.39 is 12.2 Å². The summed E-state index contributed by atoms with van der Waals surface area (Å²) in [5.41, 5.74) is 1.10. The number of nitriles is 1. The zero-order valence-corrected chi connectivity index (χ0v) is 19.8. The molecular weight excluding hydrogens is 473 g/mol. The van der Waals surface area contributed by atoms with Crippen molar-refractivity contribution in [1.82, 2.24) is 24.6 Å². The number of pyridine rings is 1. The third kappa shape index (κ3) is 4.90. The van der Waals surface area contributed by atoms with Crippen molar-refractivity contribution in [1.29, 1.82) is 5.26 Å². The Morgan fingerprint density at radius 2 is 2.06 bits per heavy atom. The molecule has 0 saturated carbocycles. The average Bonchev–Trinajstić information content (AvgIpc) is 3.25. The Morgan fingerprint density at radius 3 is 2.72 bits per heavy atom. The van der Waals surface area contributed by atoms with E-state index in [9.17, 15) is 23.1 Å². The van der Waals surface area contributed by atoms with E-state index in [1.54, 1.807) is 29.0 Å². The Morgan fingerprint density at radius 1 is 1.28 bits per heavy atom. The predicted octanol–water partition coefficient (Wildman–Crippen LogP) is 3.76. The molecule has 3 aromatic rings. The molecule has 1 atom stereocenters. The molecular formula is C25H25F3N6O2. The molecule has 2 aromatic heterocycles. The minimum Gasteiger partial charge on any atom is -0.493 e. The van der Waals surface area contributed by atoms with Crippen LogP contribution in [-0.2, 0) is 0 Å². The lowest BCUT2D eigenvalue weighted by Crippen LogP contribution is -2.49. The molecule has 0 bridgehead atoms. The van der Waals surface area contributed by atoms with Crippen molar-refractivity contribution in [3.05, 3.63) is 59.2 Å². The molecule has 188 valence electrons. The van der Waals surface area contributed by atoms with Crippen molar-refractivity contribution < 1.29 is 23.1 Å². The van der Waals surface area contributed by atoms with E-state index in [1.807, 2.05) is 0 Å². The Hall–Kier alpha value is -3.91. The van der Waals surface area contributed by atoms with Gasteiger partial charge in [0.2, 0.25) is 5.88 Å². The minimum atomic E-state index is -2.43. The van der Waals surface area contributed by atoms with Crippen LogP contribution < -0.4 is 0 Å². The SMILES string of the molecule is Cc1c(-c2cnn(-c3ccc(C(=O)N4CCCC(N(C)CC(F)F)C4)cn3)c2O)ccc(C#N)c1F. The van der Waals surface area contributed by atoms with E-state index in [2.05, 4.69) is 10.1 Å². The number of likely N-dealkylation sites (N-methyl/N-ethyl adjacent to an activating group) is 1. The number of alkyl halides is 2. The van der Waals surface area contributed by atoms with E-state index in [0.717, 1.165) is 17.5 Å². The lowest BCUT2D eigenvalue weighted by Gasteiger charge is -2.37. The van der Waals surface area contributed by atoms with Gasteiger partial charge in [0.1, 0.15) is 11.9 Å². The summed E-state index contributed by atoms with van der Waals surface area (Å²) in [7, 11) is 1.64. The van der Waals surface area contributed by atoms with Crippen LogP contribution in [0, 0.1) is 24.1 Å². The number of hydrogen-bond donors (Lipinski definition) is 1. The second kappa shape index (κ2) is 10.4. The largest absolute Gasteiger partial charge is 0.493 e. The topological polar surface area (TPSA) is 98.3 Å². The van der Waals surface area contributed by atoms with Crippen LogP contribution in [0.2, 0.25) is 0 Å². The monoisotopic (exact) mass is 498 g/mol. The number of aromatic nitrogens is 3. The Balaban J connectivity index is 1.52. The summed E-state index contributed by atoms with van der Waals surface area (Å²) in [6.07, 6.45) is 1.77. The van der Waals surface area contributed by atoms with Crippen LogP contribution in [0.3, 0.4) is 0 Å². The number of aromatic hydroxyl groups is 1. The number of nitrogens with zero attached hydrogens (tertiary/aromatic N) is 6. The number of carbonyl (C=O) groups is 1. The average molecular weight is 499 g/mol. The number of likely N-dealkylation sites (tertiary alicyclic amines) is 1. The highest BCUT2D eigenvalue weighted by Crippen LogP contribution is 2.34. The highest BCUT2D eigenvalue weighted by atomic mass is 19.3. The molecule has 1 amide bonds. The number of halogens is 3. The van der Waals surface area contributed by atoms with Crippen molar-refractivity contribution in [3.8, 4) is 28.9 Å². The maximum atomic E-state index is 14.4. The van der Waals surface area contributed by atoms with Gasteiger partial charge in [0.25, 0.3) is 12.3 Å². The second-order valence-corrected chi connectivity index (χ2v) is 8.79. The van der Waals surface area contributed by atoms with Crippen LogP contribution >= 0.6 is 0 Å². The van der Waals surface area contributed by atoms with Gasteiger partial charge in [-0.3, -0.25) is 9.69 Å². The molecule has 1 aliphatic heterocycles. The van der Waals surface area contributed by atoms with Crippen molar-refractivity contribution >= 4 is 5.91 Å². The van der Waals surface area contributed by atoms with Gasteiger partial charge in [-0.25, -0.2) is 18.2 Å². The van der Waals surface area contributed by atoms with E-state index >= 15 is 0 Å². The van der Waals surface area contributed by atoms with Gasteiger partial charge in [-0.05, 0) is 56.1 Å². The fourth-order valence-corrected chi connectivity index (χ4v) is 4.45. The maximum Gasteiger partial charge on any atom is 0.255 e. The fourth-order valence-electron chi connectivity index (χ4n) is 4.45. The smallest absolute Gasteiger partial charge is 0.255 e. The van der Waals surface area contributed by atoms with Crippen molar-refractivity contribution in [2.75, 3.05) is 26.7 Å². The maximum absolute atomic E-state index is 14.4. The molecule has 36 heavy (non-hydrogen) atoms. The molecule has 0 aliphatic carbocycles. The van der Waals surface area contributed by atoms with Gasteiger partial charge in [0.05, 0.1) is 29.4 Å². The molecule has 0 radical (unpaired) electrons. The van der Waals surface area contributed by atoms with Crippen molar-refractivity contribution in [2.45, 2.75) is 32.2 Å². The van der Waals surface area contributed by atoms with Crippen LogP contribution in [0.4, 0.5) is 13.2 Å². The first-order valence-corrected chi connectivity index (χ1v) is 11.4. The molecule has 11 heteroatoms. The van der Waals surface area contributed by atoms with Crippen LogP contribution in [0.25, 0.3) is 16.9 Å². The molecule has 1 N–H and O–H groups in total. The zero-order valence-electron chi connectivity index (χ0n) is 19.8. The van der Waals surface area contributed by atoms with E-state index in [0.29, 0.717) is 24.2 Å². The van der Waals surface area contributed by atoms with Crippen LogP contribution in [0.1, 0.15) is 34.3 Å². The predicted molar refractivity (Wildman–Crippen MR) is 125 cm³/mol. The molecule has 1 aromatic carbocycles. The fraction of sp³-hybridized carbons (Fsp3) is 0.360. The lowest BCUT2D eigenvalue weighted by atomic mass is 10.00. The van der Waals surface area contributed by atoms with E-state index in [1.165, 1.54) is 37.5 Å².